The fourth-order valence-electron chi connectivity index (χ4n) is 2.29. The Morgan fingerprint density at radius 1 is 1.56 bits per heavy atom. The van der Waals surface area contributed by atoms with E-state index in [2.05, 4.69) is 22.1 Å². The van der Waals surface area contributed by atoms with E-state index < -0.39 is 5.97 Å². The largest absolute Gasteiger partial charge is 0.476 e. The first-order chi connectivity index (χ1) is 8.68. The molecule has 0 amide bonds. The van der Waals surface area contributed by atoms with Crippen molar-refractivity contribution in [2.24, 2.45) is 0 Å². The number of anilines is 1. The Morgan fingerprint density at radius 2 is 2.28 bits per heavy atom. The van der Waals surface area contributed by atoms with Gasteiger partial charge >= 0.3 is 5.97 Å². The van der Waals surface area contributed by atoms with E-state index in [-0.39, 0.29) is 5.69 Å². The Morgan fingerprint density at radius 3 is 2.94 bits per heavy atom. The smallest absolute Gasteiger partial charge is 0.356 e. The zero-order chi connectivity index (χ0) is 13.0. The van der Waals surface area contributed by atoms with Crippen LogP contribution in [0.1, 0.15) is 30.3 Å². The van der Waals surface area contributed by atoms with Crippen molar-refractivity contribution in [1.29, 1.82) is 0 Å². The summed E-state index contributed by atoms with van der Waals surface area (Å²) in [5, 5.41) is 12.2. The average Bonchev–Trinajstić information content (AvgIpc) is 2.90. The van der Waals surface area contributed by atoms with Gasteiger partial charge in [0, 0.05) is 18.8 Å². The van der Waals surface area contributed by atoms with Crippen molar-refractivity contribution >= 4 is 11.7 Å². The fourth-order valence-corrected chi connectivity index (χ4v) is 2.29. The molecule has 1 unspecified atom stereocenters. The molecule has 1 aromatic rings. The quantitative estimate of drug-likeness (QED) is 0.831. The summed E-state index contributed by atoms with van der Waals surface area (Å²) in [6.45, 7) is 5.18. The molecule has 1 fully saturated rings. The minimum Gasteiger partial charge on any atom is -0.476 e. The van der Waals surface area contributed by atoms with E-state index in [1.165, 1.54) is 19.0 Å². The van der Waals surface area contributed by atoms with E-state index in [1.54, 1.807) is 12.1 Å². The monoisotopic (exact) mass is 249 g/mol. The van der Waals surface area contributed by atoms with E-state index in [0.29, 0.717) is 11.7 Å². The number of carbonyl (C=O) groups is 1. The number of hydrogen-bond acceptors (Lipinski definition) is 4. The molecule has 5 heteroatoms. The van der Waals surface area contributed by atoms with Gasteiger partial charge in [0.25, 0.3) is 0 Å². The molecule has 2 rings (SSSR count). The van der Waals surface area contributed by atoms with Crippen LogP contribution in [0.4, 0.5) is 5.69 Å². The van der Waals surface area contributed by atoms with Crippen molar-refractivity contribution in [2.45, 2.75) is 25.8 Å². The maximum Gasteiger partial charge on any atom is 0.356 e. The van der Waals surface area contributed by atoms with E-state index in [1.807, 2.05) is 0 Å². The maximum atomic E-state index is 11.0. The fraction of sp³-hybridized carbons (Fsp3) is 0.538. The van der Waals surface area contributed by atoms with Crippen LogP contribution in [0.5, 0.6) is 0 Å². The lowest BCUT2D eigenvalue weighted by Crippen LogP contribution is -2.35. The van der Waals surface area contributed by atoms with Crippen LogP contribution in [-0.2, 0) is 0 Å². The number of carboxylic acids is 1. The highest BCUT2D eigenvalue weighted by Gasteiger charge is 2.18. The van der Waals surface area contributed by atoms with Crippen molar-refractivity contribution in [3.05, 3.63) is 24.0 Å². The Balaban J connectivity index is 1.95. The number of hydrogen-bond donors (Lipinski definition) is 2. The first-order valence-corrected chi connectivity index (χ1v) is 6.34. The molecule has 0 saturated carbocycles. The van der Waals surface area contributed by atoms with Gasteiger partial charge in [0.2, 0.25) is 0 Å². The van der Waals surface area contributed by atoms with Crippen molar-refractivity contribution < 1.29 is 9.90 Å². The SMILES string of the molecule is CC(CNc1cccnc1C(=O)O)N1CCCC1. The topological polar surface area (TPSA) is 65.5 Å². The molecular formula is C13H19N3O2. The van der Waals surface area contributed by atoms with Gasteiger partial charge in [-0.05, 0) is 45.0 Å². The molecule has 2 heterocycles. The number of aromatic carboxylic acids is 1. The molecular weight excluding hydrogens is 230 g/mol. The van der Waals surface area contributed by atoms with Crippen molar-refractivity contribution in [1.82, 2.24) is 9.88 Å². The Bertz CT molecular complexity index is 416. The van der Waals surface area contributed by atoms with Crippen LogP contribution in [0.15, 0.2) is 18.3 Å². The molecule has 0 aliphatic carbocycles. The predicted octanol–water partition coefficient (Wildman–Crippen LogP) is 1.68. The van der Waals surface area contributed by atoms with Gasteiger partial charge in [0.15, 0.2) is 5.69 Å². The average molecular weight is 249 g/mol. The number of aromatic nitrogens is 1. The molecule has 1 aliphatic heterocycles. The van der Waals surface area contributed by atoms with E-state index in [4.69, 9.17) is 5.11 Å². The van der Waals surface area contributed by atoms with Crippen LogP contribution in [0.2, 0.25) is 0 Å². The summed E-state index contributed by atoms with van der Waals surface area (Å²) in [4.78, 5) is 17.3. The normalized spacial score (nSPS) is 17.6. The Labute approximate surface area is 107 Å². The zero-order valence-electron chi connectivity index (χ0n) is 10.6. The number of rotatable bonds is 5. The van der Waals surface area contributed by atoms with E-state index in [9.17, 15) is 4.79 Å². The van der Waals surface area contributed by atoms with Gasteiger partial charge in [0.1, 0.15) is 0 Å². The van der Waals surface area contributed by atoms with Gasteiger partial charge in [-0.2, -0.15) is 0 Å². The summed E-state index contributed by atoms with van der Waals surface area (Å²) in [5.74, 6) is -0.994. The highest BCUT2D eigenvalue weighted by molar-refractivity contribution is 5.91. The second-order valence-corrected chi connectivity index (χ2v) is 4.68. The molecule has 0 radical (unpaired) electrons. The first kappa shape index (κ1) is 12.8. The summed E-state index contributed by atoms with van der Waals surface area (Å²) in [5.41, 5.74) is 0.683. The van der Waals surface area contributed by atoms with Crippen molar-refractivity contribution in [3.8, 4) is 0 Å². The summed E-state index contributed by atoms with van der Waals surface area (Å²) >= 11 is 0. The molecule has 1 saturated heterocycles. The minimum atomic E-state index is -0.994. The van der Waals surface area contributed by atoms with Gasteiger partial charge in [-0.15, -0.1) is 0 Å². The van der Waals surface area contributed by atoms with Crippen LogP contribution in [0, 0.1) is 0 Å². The van der Waals surface area contributed by atoms with Gasteiger partial charge in [-0.1, -0.05) is 0 Å². The second kappa shape index (κ2) is 5.82. The third kappa shape index (κ3) is 2.98. The Kier molecular flexibility index (Phi) is 4.15. The van der Waals surface area contributed by atoms with Gasteiger partial charge in [-0.3, -0.25) is 4.90 Å². The lowest BCUT2D eigenvalue weighted by Gasteiger charge is -2.24. The van der Waals surface area contributed by atoms with Crippen LogP contribution < -0.4 is 5.32 Å². The molecule has 5 nitrogen and oxygen atoms in total. The second-order valence-electron chi connectivity index (χ2n) is 4.68. The third-order valence-electron chi connectivity index (χ3n) is 3.36. The van der Waals surface area contributed by atoms with E-state index in [0.717, 1.165) is 19.6 Å². The maximum absolute atomic E-state index is 11.0. The minimum absolute atomic E-state index is 0.0890. The molecule has 1 atom stereocenters. The predicted molar refractivity (Wildman–Crippen MR) is 70.0 cm³/mol. The summed E-state index contributed by atoms with van der Waals surface area (Å²) < 4.78 is 0. The van der Waals surface area contributed by atoms with Crippen LogP contribution >= 0.6 is 0 Å². The lowest BCUT2D eigenvalue weighted by molar-refractivity contribution is 0.0691. The number of nitrogens with one attached hydrogen (secondary N) is 1. The van der Waals surface area contributed by atoms with Crippen LogP contribution in [0.3, 0.4) is 0 Å². The standard InChI is InChI=1S/C13H19N3O2/c1-10(16-7-2-3-8-16)9-15-11-5-4-6-14-12(11)13(17)18/h4-6,10,15H,2-3,7-9H2,1H3,(H,17,18). The Hall–Kier alpha value is -1.62. The zero-order valence-corrected chi connectivity index (χ0v) is 10.6. The molecule has 0 bridgehead atoms. The van der Waals surface area contributed by atoms with Crippen LogP contribution in [-0.4, -0.2) is 46.6 Å². The van der Waals surface area contributed by atoms with Gasteiger partial charge in [0.05, 0.1) is 5.69 Å². The summed E-state index contributed by atoms with van der Waals surface area (Å²) in [7, 11) is 0. The third-order valence-corrected chi connectivity index (χ3v) is 3.36. The van der Waals surface area contributed by atoms with Gasteiger partial charge < -0.3 is 10.4 Å². The van der Waals surface area contributed by atoms with E-state index >= 15 is 0 Å². The summed E-state index contributed by atoms with van der Waals surface area (Å²) in [6.07, 6.45) is 4.02. The molecule has 18 heavy (non-hydrogen) atoms. The highest BCUT2D eigenvalue weighted by Crippen LogP contribution is 2.15. The van der Waals surface area contributed by atoms with Crippen molar-refractivity contribution in [3.63, 3.8) is 0 Å². The molecule has 0 aromatic carbocycles. The number of pyridine rings is 1. The first-order valence-electron chi connectivity index (χ1n) is 6.34. The molecule has 2 N–H and O–H groups in total. The number of likely N-dealkylation sites (tertiary alicyclic amines) is 1. The highest BCUT2D eigenvalue weighted by atomic mass is 16.4. The molecule has 1 aromatic heterocycles. The lowest BCUT2D eigenvalue weighted by atomic mass is 10.2. The molecule has 98 valence electrons. The van der Waals surface area contributed by atoms with Crippen LogP contribution in [0.25, 0.3) is 0 Å². The molecule has 1 aliphatic rings. The summed E-state index contributed by atoms with van der Waals surface area (Å²) in [6, 6.07) is 3.91. The number of carboxylic acid groups (broad SMARTS) is 1. The van der Waals surface area contributed by atoms with Gasteiger partial charge in [-0.25, -0.2) is 9.78 Å². The molecule has 0 spiro atoms. The number of nitrogens with zero attached hydrogens (tertiary/aromatic N) is 2. The van der Waals surface area contributed by atoms with Crippen molar-refractivity contribution in [2.75, 3.05) is 25.0 Å².